The first-order chi connectivity index (χ1) is 18.5. The normalized spacial score (nSPS) is 18.2. The van der Waals surface area contributed by atoms with E-state index in [1.807, 2.05) is 18.2 Å². The minimum Gasteiger partial charge on any atom is -0.492 e. The minimum absolute atomic E-state index is 0.101. The zero-order chi connectivity index (χ0) is 26.5. The summed E-state index contributed by atoms with van der Waals surface area (Å²) in [4.78, 5) is 47.7. The number of aromatic nitrogens is 2. The van der Waals surface area contributed by atoms with E-state index >= 15 is 0 Å². The second-order valence-corrected chi connectivity index (χ2v) is 10.0. The van der Waals surface area contributed by atoms with Gasteiger partial charge in [0.05, 0.1) is 0 Å². The molecule has 5 rings (SSSR count). The molecule has 0 unspecified atom stereocenters. The van der Waals surface area contributed by atoms with E-state index in [0.29, 0.717) is 31.8 Å². The molecule has 1 atom stereocenters. The van der Waals surface area contributed by atoms with Crippen LogP contribution in [0.1, 0.15) is 28.8 Å². The molecule has 2 aromatic heterocycles. The van der Waals surface area contributed by atoms with Crippen molar-refractivity contribution in [1.82, 2.24) is 29.4 Å². The van der Waals surface area contributed by atoms with Gasteiger partial charge in [-0.3, -0.25) is 23.7 Å². The number of ether oxygens (including phenoxy) is 1. The van der Waals surface area contributed by atoms with Crippen molar-refractivity contribution in [3.05, 3.63) is 76.3 Å². The van der Waals surface area contributed by atoms with E-state index in [2.05, 4.69) is 39.3 Å². The highest BCUT2D eigenvalue weighted by Gasteiger charge is 2.25. The lowest BCUT2D eigenvalue weighted by atomic mass is 10.1. The number of piperazine rings is 1. The highest BCUT2D eigenvalue weighted by molar-refractivity contribution is 5.93. The first-order valence-corrected chi connectivity index (χ1v) is 13.1. The molecule has 2 amide bonds. The van der Waals surface area contributed by atoms with E-state index in [1.165, 1.54) is 16.2 Å². The van der Waals surface area contributed by atoms with Crippen LogP contribution in [0.25, 0.3) is 5.65 Å². The van der Waals surface area contributed by atoms with Gasteiger partial charge in [-0.05, 0) is 43.3 Å². The summed E-state index contributed by atoms with van der Waals surface area (Å²) in [5, 5.41) is 3.02. The van der Waals surface area contributed by atoms with Gasteiger partial charge in [-0.15, -0.1) is 0 Å². The molecule has 0 saturated carbocycles. The minimum atomic E-state index is -0.338. The average molecular weight is 519 g/mol. The Morgan fingerprint density at radius 2 is 1.97 bits per heavy atom. The zero-order valence-electron chi connectivity index (χ0n) is 21.7. The van der Waals surface area contributed by atoms with Gasteiger partial charge in [0.15, 0.2) is 0 Å². The third-order valence-corrected chi connectivity index (χ3v) is 7.15. The third-order valence-electron chi connectivity index (χ3n) is 7.15. The molecule has 4 heterocycles. The van der Waals surface area contributed by atoms with Gasteiger partial charge < -0.3 is 19.9 Å². The van der Waals surface area contributed by atoms with Crippen molar-refractivity contribution < 1.29 is 14.3 Å². The van der Waals surface area contributed by atoms with Crippen LogP contribution in [0.2, 0.25) is 0 Å². The maximum atomic E-state index is 13.0. The molecule has 10 nitrogen and oxygen atoms in total. The Morgan fingerprint density at radius 3 is 2.76 bits per heavy atom. The highest BCUT2D eigenvalue weighted by Crippen LogP contribution is 2.16. The van der Waals surface area contributed by atoms with Crippen LogP contribution in [-0.2, 0) is 11.3 Å². The van der Waals surface area contributed by atoms with E-state index < -0.39 is 0 Å². The largest absolute Gasteiger partial charge is 0.492 e. The lowest BCUT2D eigenvalue weighted by molar-refractivity contribution is -0.119. The van der Waals surface area contributed by atoms with Crippen LogP contribution >= 0.6 is 0 Å². The molecular formula is C28H34N6O4. The predicted molar refractivity (Wildman–Crippen MR) is 143 cm³/mol. The number of amides is 2. The molecule has 0 bridgehead atoms. The van der Waals surface area contributed by atoms with Crippen LogP contribution in [-0.4, -0.2) is 94.9 Å². The number of carbonyl (C=O) groups excluding carboxylic acids is 2. The molecule has 2 aliphatic heterocycles. The fourth-order valence-corrected chi connectivity index (χ4v) is 5.11. The summed E-state index contributed by atoms with van der Waals surface area (Å²) in [7, 11) is 2.07. The van der Waals surface area contributed by atoms with Crippen molar-refractivity contribution >= 4 is 17.5 Å². The molecule has 200 valence electrons. The zero-order valence-corrected chi connectivity index (χ0v) is 21.7. The standard InChI is InChI=1S/C28H34N6O4/c1-31(20-22-8-9-26(35)30-22)19-21-5-4-6-23(17-21)38-16-15-32-11-13-33(14-12-32)27(36)24-18-29-25-7-2-3-10-34(25)28(24)37/h2-7,10,17-18,22H,8-9,11-16,19-20H2,1H3,(H,30,35)/t22-/m0/s1. The molecule has 0 aliphatic carbocycles. The van der Waals surface area contributed by atoms with Crippen LogP contribution in [0.3, 0.4) is 0 Å². The lowest BCUT2D eigenvalue weighted by Crippen LogP contribution is -2.50. The van der Waals surface area contributed by atoms with E-state index in [0.717, 1.165) is 44.9 Å². The molecule has 1 N–H and O–H groups in total. The number of carbonyl (C=O) groups is 2. The number of nitrogens with one attached hydrogen (secondary N) is 1. The molecule has 2 fully saturated rings. The van der Waals surface area contributed by atoms with Crippen LogP contribution in [0.5, 0.6) is 5.75 Å². The summed E-state index contributed by atoms with van der Waals surface area (Å²) in [6.45, 7) is 5.48. The Morgan fingerprint density at radius 1 is 1.13 bits per heavy atom. The molecule has 1 aromatic carbocycles. The van der Waals surface area contributed by atoms with Gasteiger partial charge in [0.2, 0.25) is 5.91 Å². The van der Waals surface area contributed by atoms with E-state index in [9.17, 15) is 14.4 Å². The molecule has 2 aliphatic rings. The quantitative estimate of drug-likeness (QED) is 0.455. The van der Waals surface area contributed by atoms with Gasteiger partial charge in [-0.25, -0.2) is 4.98 Å². The van der Waals surface area contributed by atoms with Crippen LogP contribution in [0.4, 0.5) is 0 Å². The summed E-state index contributed by atoms with van der Waals surface area (Å²) in [6.07, 6.45) is 4.53. The van der Waals surface area contributed by atoms with Crippen molar-refractivity contribution in [3.63, 3.8) is 0 Å². The number of hydrogen-bond acceptors (Lipinski definition) is 7. The summed E-state index contributed by atoms with van der Waals surface area (Å²) in [5.74, 6) is 0.710. The number of likely N-dealkylation sites (N-methyl/N-ethyl adjacent to an activating group) is 1. The third kappa shape index (κ3) is 6.20. The molecule has 0 spiro atoms. The predicted octanol–water partition coefficient (Wildman–Crippen LogP) is 1.24. The summed E-state index contributed by atoms with van der Waals surface area (Å²) in [5.41, 5.74) is 1.45. The summed E-state index contributed by atoms with van der Waals surface area (Å²) in [6, 6.07) is 13.7. The van der Waals surface area contributed by atoms with E-state index in [1.54, 1.807) is 23.2 Å². The van der Waals surface area contributed by atoms with Crippen molar-refractivity contribution in [3.8, 4) is 5.75 Å². The Labute approximate surface area is 221 Å². The first kappa shape index (κ1) is 25.9. The van der Waals surface area contributed by atoms with Gasteiger partial charge in [0.25, 0.3) is 11.5 Å². The SMILES string of the molecule is CN(Cc1cccc(OCCN2CCN(C(=O)c3cnc4ccccn4c3=O)CC2)c1)C[C@@H]1CCC(=O)N1. The number of fused-ring (bicyclic) bond motifs is 1. The maximum absolute atomic E-state index is 13.0. The molecular weight excluding hydrogens is 484 g/mol. The first-order valence-electron chi connectivity index (χ1n) is 13.1. The monoisotopic (exact) mass is 518 g/mol. The van der Waals surface area contributed by atoms with Gasteiger partial charge in [-0.2, -0.15) is 0 Å². The topological polar surface area (TPSA) is 99.5 Å². The smallest absolute Gasteiger partial charge is 0.270 e. The van der Waals surface area contributed by atoms with Crippen LogP contribution < -0.4 is 15.6 Å². The van der Waals surface area contributed by atoms with Crippen molar-refractivity contribution in [1.29, 1.82) is 0 Å². The molecule has 0 radical (unpaired) electrons. The number of hydrogen-bond donors (Lipinski definition) is 1. The van der Waals surface area contributed by atoms with Crippen molar-refractivity contribution in [2.45, 2.75) is 25.4 Å². The Balaban J connectivity index is 1.06. The Hall–Kier alpha value is -3.76. The Kier molecular flexibility index (Phi) is 8.00. The van der Waals surface area contributed by atoms with Gasteiger partial charge in [-0.1, -0.05) is 18.2 Å². The van der Waals surface area contributed by atoms with Crippen molar-refractivity contribution in [2.75, 3.05) is 52.9 Å². The highest BCUT2D eigenvalue weighted by atomic mass is 16.5. The van der Waals surface area contributed by atoms with E-state index in [-0.39, 0.29) is 29.0 Å². The Bertz CT molecular complexity index is 1350. The van der Waals surface area contributed by atoms with E-state index in [4.69, 9.17) is 4.74 Å². The lowest BCUT2D eigenvalue weighted by Gasteiger charge is -2.34. The molecule has 2 saturated heterocycles. The average Bonchev–Trinajstić information content (AvgIpc) is 3.33. The molecule has 3 aromatic rings. The number of nitrogens with zero attached hydrogens (tertiary/aromatic N) is 5. The molecule has 10 heteroatoms. The fraction of sp³-hybridized carbons (Fsp3) is 0.429. The maximum Gasteiger partial charge on any atom is 0.270 e. The van der Waals surface area contributed by atoms with Gasteiger partial charge in [0, 0.05) is 70.7 Å². The van der Waals surface area contributed by atoms with Gasteiger partial charge >= 0.3 is 0 Å². The summed E-state index contributed by atoms with van der Waals surface area (Å²) >= 11 is 0. The second-order valence-electron chi connectivity index (χ2n) is 10.0. The van der Waals surface area contributed by atoms with Gasteiger partial charge in [0.1, 0.15) is 23.6 Å². The fourth-order valence-electron chi connectivity index (χ4n) is 5.11. The van der Waals surface area contributed by atoms with Crippen LogP contribution in [0.15, 0.2) is 59.7 Å². The van der Waals surface area contributed by atoms with Crippen LogP contribution in [0, 0.1) is 0 Å². The number of pyridine rings is 1. The number of rotatable bonds is 9. The molecule has 38 heavy (non-hydrogen) atoms. The summed E-state index contributed by atoms with van der Waals surface area (Å²) < 4.78 is 7.43. The second kappa shape index (κ2) is 11.7. The van der Waals surface area contributed by atoms with Crippen molar-refractivity contribution in [2.24, 2.45) is 0 Å². The number of benzene rings is 1.